The van der Waals surface area contributed by atoms with Gasteiger partial charge in [0, 0.05) is 22.3 Å². The van der Waals surface area contributed by atoms with Crippen molar-refractivity contribution >= 4 is 0 Å². The average molecular weight is 561 g/mol. The molecule has 0 bridgehead atoms. The molecular weight excluding hydrogens is 533 g/mol. The summed E-state index contributed by atoms with van der Waals surface area (Å²) >= 11 is 0. The number of hydrogen-bond acceptors (Lipinski definition) is 6. The van der Waals surface area contributed by atoms with Crippen LogP contribution in [0.25, 0.3) is 39.7 Å². The SMILES string of the molecule is CCc1c(-c2ccc(OC)cc2)nn(-c2nc(-c3ccc(OC)cc3)cc(C(F)(F)F)n2)c1-c1ccc(OC)cc1. The fourth-order valence-electron chi connectivity index (χ4n) is 4.54. The number of benzene rings is 3. The van der Waals surface area contributed by atoms with Gasteiger partial charge in [-0.3, -0.25) is 0 Å². The Bertz CT molecular complexity index is 1650. The molecule has 0 fully saturated rings. The van der Waals surface area contributed by atoms with Crippen molar-refractivity contribution in [3.63, 3.8) is 0 Å². The van der Waals surface area contributed by atoms with Crippen LogP contribution in [0.3, 0.4) is 0 Å². The van der Waals surface area contributed by atoms with Crippen LogP contribution in [0, 0.1) is 0 Å². The molecule has 0 saturated carbocycles. The lowest BCUT2D eigenvalue weighted by Gasteiger charge is -2.13. The lowest BCUT2D eigenvalue weighted by atomic mass is 10.00. The Hall–Kier alpha value is -4.86. The predicted octanol–water partition coefficient (Wildman–Crippen LogP) is 7.27. The predicted molar refractivity (Wildman–Crippen MR) is 149 cm³/mol. The second-order valence-electron chi connectivity index (χ2n) is 9.06. The first kappa shape index (κ1) is 27.7. The van der Waals surface area contributed by atoms with E-state index in [1.165, 1.54) is 11.8 Å². The van der Waals surface area contributed by atoms with Crippen LogP contribution in [-0.2, 0) is 12.6 Å². The van der Waals surface area contributed by atoms with Gasteiger partial charge in [-0.1, -0.05) is 6.92 Å². The van der Waals surface area contributed by atoms with Crippen LogP contribution in [0.15, 0.2) is 78.9 Å². The molecule has 0 unspecified atom stereocenters. The number of rotatable bonds is 8. The number of alkyl halides is 3. The van der Waals surface area contributed by atoms with Gasteiger partial charge >= 0.3 is 6.18 Å². The van der Waals surface area contributed by atoms with Gasteiger partial charge in [0.2, 0.25) is 0 Å². The van der Waals surface area contributed by atoms with Crippen molar-refractivity contribution in [1.29, 1.82) is 0 Å². The molecular formula is C31H27F3N4O3. The summed E-state index contributed by atoms with van der Waals surface area (Å²) < 4.78 is 59.6. The Morgan fingerprint density at radius 3 is 1.63 bits per heavy atom. The second-order valence-corrected chi connectivity index (χ2v) is 9.06. The first-order valence-corrected chi connectivity index (χ1v) is 12.8. The van der Waals surface area contributed by atoms with Gasteiger partial charge in [-0.25, -0.2) is 9.97 Å². The van der Waals surface area contributed by atoms with Gasteiger partial charge in [0.1, 0.15) is 17.2 Å². The third-order valence-electron chi connectivity index (χ3n) is 6.64. The number of halogens is 3. The molecule has 5 rings (SSSR count). The number of hydrogen-bond donors (Lipinski definition) is 0. The number of aromatic nitrogens is 4. The summed E-state index contributed by atoms with van der Waals surface area (Å²) in [4.78, 5) is 8.54. The lowest BCUT2D eigenvalue weighted by molar-refractivity contribution is -0.141. The number of methoxy groups -OCH3 is 3. The number of ether oxygens (including phenoxy) is 3. The fourth-order valence-corrected chi connectivity index (χ4v) is 4.54. The van der Waals surface area contributed by atoms with Crippen LogP contribution in [0.4, 0.5) is 13.2 Å². The van der Waals surface area contributed by atoms with Crippen molar-refractivity contribution in [2.24, 2.45) is 0 Å². The summed E-state index contributed by atoms with van der Waals surface area (Å²) in [6.07, 6.45) is -4.16. The molecule has 3 aromatic carbocycles. The van der Waals surface area contributed by atoms with E-state index in [0.717, 1.165) is 22.8 Å². The minimum atomic E-state index is -4.71. The molecule has 7 nitrogen and oxygen atoms in total. The van der Waals surface area contributed by atoms with Crippen LogP contribution >= 0.6 is 0 Å². The van der Waals surface area contributed by atoms with Gasteiger partial charge in [-0.05, 0) is 85.3 Å². The Balaban J connectivity index is 1.78. The van der Waals surface area contributed by atoms with Crippen LogP contribution < -0.4 is 14.2 Å². The van der Waals surface area contributed by atoms with Gasteiger partial charge in [-0.15, -0.1) is 0 Å². The molecule has 5 aromatic rings. The van der Waals surface area contributed by atoms with E-state index in [2.05, 4.69) is 9.97 Å². The highest BCUT2D eigenvalue weighted by Crippen LogP contribution is 2.37. The molecule has 0 amide bonds. The van der Waals surface area contributed by atoms with Gasteiger partial charge in [0.15, 0.2) is 5.69 Å². The summed E-state index contributed by atoms with van der Waals surface area (Å²) in [5.74, 6) is 1.69. The summed E-state index contributed by atoms with van der Waals surface area (Å²) in [7, 11) is 4.66. The van der Waals surface area contributed by atoms with Gasteiger partial charge in [0.05, 0.1) is 38.4 Å². The second kappa shape index (κ2) is 11.3. The minimum absolute atomic E-state index is 0.102. The van der Waals surface area contributed by atoms with Crippen LogP contribution in [-0.4, -0.2) is 41.1 Å². The molecule has 0 saturated heterocycles. The summed E-state index contributed by atoms with van der Waals surface area (Å²) in [5, 5.41) is 4.81. The zero-order chi connectivity index (χ0) is 29.1. The number of nitrogens with zero attached hydrogens (tertiary/aromatic N) is 4. The Kier molecular flexibility index (Phi) is 7.65. The van der Waals surface area contributed by atoms with E-state index in [1.54, 1.807) is 50.6 Å². The Morgan fingerprint density at radius 2 is 1.17 bits per heavy atom. The van der Waals surface area contributed by atoms with Crippen molar-refractivity contribution in [1.82, 2.24) is 19.7 Å². The Morgan fingerprint density at radius 1 is 0.683 bits per heavy atom. The molecule has 0 aliphatic rings. The summed E-state index contributed by atoms with van der Waals surface area (Å²) in [6.45, 7) is 1.97. The molecule has 10 heteroatoms. The third-order valence-corrected chi connectivity index (χ3v) is 6.64. The molecule has 0 aliphatic heterocycles. The van der Waals surface area contributed by atoms with Gasteiger partial charge in [-0.2, -0.15) is 23.0 Å². The fraction of sp³-hybridized carbons (Fsp3) is 0.194. The van der Waals surface area contributed by atoms with Crippen LogP contribution in [0.1, 0.15) is 18.2 Å². The van der Waals surface area contributed by atoms with E-state index in [0.29, 0.717) is 40.6 Å². The molecule has 0 spiro atoms. The molecule has 2 aromatic heterocycles. The quantitative estimate of drug-likeness (QED) is 0.199. The van der Waals surface area contributed by atoms with Crippen molar-refractivity contribution < 1.29 is 27.4 Å². The van der Waals surface area contributed by atoms with E-state index in [4.69, 9.17) is 19.3 Å². The normalized spacial score (nSPS) is 11.4. The standard InChI is InChI=1S/C31H27F3N4O3/c1-5-25-28(20-8-14-23(40-3)15-9-20)37-38(29(25)21-10-16-24(41-4)17-11-21)30-35-26(18-27(36-30)31(32,33)34)19-6-12-22(39-2)13-7-19/h6-18H,5H2,1-4H3. The van der Waals surface area contributed by atoms with Crippen molar-refractivity contribution in [2.45, 2.75) is 19.5 Å². The summed E-state index contributed by atoms with van der Waals surface area (Å²) in [5.41, 5.74) is 3.02. The van der Waals surface area contributed by atoms with Crippen molar-refractivity contribution in [3.05, 3.63) is 90.1 Å². The first-order chi connectivity index (χ1) is 19.7. The minimum Gasteiger partial charge on any atom is -0.497 e. The van der Waals surface area contributed by atoms with Gasteiger partial charge < -0.3 is 14.2 Å². The van der Waals surface area contributed by atoms with Crippen LogP contribution in [0.5, 0.6) is 17.2 Å². The molecule has 210 valence electrons. The smallest absolute Gasteiger partial charge is 0.433 e. The Labute approximate surface area is 235 Å². The molecule has 41 heavy (non-hydrogen) atoms. The van der Waals surface area contributed by atoms with E-state index in [-0.39, 0.29) is 11.6 Å². The van der Waals surface area contributed by atoms with E-state index < -0.39 is 11.9 Å². The largest absolute Gasteiger partial charge is 0.497 e. The highest BCUT2D eigenvalue weighted by molar-refractivity contribution is 5.76. The highest BCUT2D eigenvalue weighted by atomic mass is 19.4. The molecule has 0 aliphatic carbocycles. The first-order valence-electron chi connectivity index (χ1n) is 12.8. The molecule has 0 radical (unpaired) electrons. The summed E-state index contributed by atoms with van der Waals surface area (Å²) in [6, 6.07) is 22.1. The van der Waals surface area contributed by atoms with E-state index in [1.807, 2.05) is 43.3 Å². The van der Waals surface area contributed by atoms with Crippen LogP contribution in [0.2, 0.25) is 0 Å². The molecule has 2 heterocycles. The zero-order valence-electron chi connectivity index (χ0n) is 22.9. The molecule has 0 atom stereocenters. The monoisotopic (exact) mass is 560 g/mol. The maximum atomic E-state index is 14.1. The zero-order valence-corrected chi connectivity index (χ0v) is 22.9. The van der Waals surface area contributed by atoms with E-state index >= 15 is 0 Å². The maximum absolute atomic E-state index is 14.1. The van der Waals surface area contributed by atoms with E-state index in [9.17, 15) is 13.2 Å². The topological polar surface area (TPSA) is 71.3 Å². The average Bonchev–Trinajstić information content (AvgIpc) is 3.40. The maximum Gasteiger partial charge on any atom is 0.433 e. The van der Waals surface area contributed by atoms with Gasteiger partial charge in [0.25, 0.3) is 5.95 Å². The van der Waals surface area contributed by atoms with Crippen molar-refractivity contribution in [3.8, 4) is 57.0 Å². The lowest BCUT2D eigenvalue weighted by Crippen LogP contribution is -2.14. The third kappa shape index (κ3) is 5.58. The molecule has 0 N–H and O–H groups in total. The highest BCUT2D eigenvalue weighted by Gasteiger charge is 2.35. The van der Waals surface area contributed by atoms with Crippen molar-refractivity contribution in [2.75, 3.05) is 21.3 Å².